The zero-order chi connectivity index (χ0) is 12.1. The summed E-state index contributed by atoms with van der Waals surface area (Å²) >= 11 is 0. The third kappa shape index (κ3) is 4.26. The summed E-state index contributed by atoms with van der Waals surface area (Å²) in [5.74, 6) is 1.71. The summed E-state index contributed by atoms with van der Waals surface area (Å²) in [6.45, 7) is 3.47. The maximum atomic E-state index is 9.52. The second kappa shape index (κ2) is 6.75. The van der Waals surface area contributed by atoms with Gasteiger partial charge in [-0.1, -0.05) is 26.2 Å². The van der Waals surface area contributed by atoms with Crippen LogP contribution in [0.5, 0.6) is 0 Å². The summed E-state index contributed by atoms with van der Waals surface area (Å²) in [5, 5.41) is 13.3. The molecule has 0 radical (unpaired) electrons. The zero-order valence-corrected chi connectivity index (χ0v) is 11.3. The zero-order valence-electron chi connectivity index (χ0n) is 11.3. The molecule has 4 atom stereocenters. The molecule has 2 saturated carbocycles. The van der Waals surface area contributed by atoms with Crippen LogP contribution in [0, 0.1) is 11.8 Å². The molecule has 0 saturated heterocycles. The third-order valence-corrected chi connectivity index (χ3v) is 4.87. The fourth-order valence-corrected chi connectivity index (χ4v) is 3.56. The van der Waals surface area contributed by atoms with Gasteiger partial charge in [0.05, 0.1) is 6.10 Å². The Kier molecular flexibility index (Phi) is 5.30. The van der Waals surface area contributed by atoms with Gasteiger partial charge in [0.15, 0.2) is 0 Å². The molecule has 0 heterocycles. The molecule has 0 aromatic carbocycles. The van der Waals surface area contributed by atoms with E-state index in [0.29, 0.717) is 0 Å². The van der Waals surface area contributed by atoms with Crippen molar-refractivity contribution in [2.75, 3.05) is 6.54 Å². The van der Waals surface area contributed by atoms with Gasteiger partial charge in [-0.2, -0.15) is 0 Å². The molecule has 0 aromatic heterocycles. The monoisotopic (exact) mass is 239 g/mol. The lowest BCUT2D eigenvalue weighted by Gasteiger charge is -2.19. The van der Waals surface area contributed by atoms with E-state index in [4.69, 9.17) is 0 Å². The molecule has 0 spiro atoms. The van der Waals surface area contributed by atoms with Crippen molar-refractivity contribution in [1.82, 2.24) is 5.32 Å². The molecule has 2 rings (SSSR count). The second-order valence-corrected chi connectivity index (χ2v) is 6.22. The minimum absolute atomic E-state index is 0.0135. The molecule has 2 heteroatoms. The van der Waals surface area contributed by atoms with Gasteiger partial charge in [-0.15, -0.1) is 0 Å². The Balaban J connectivity index is 1.65. The van der Waals surface area contributed by atoms with Crippen molar-refractivity contribution in [3.05, 3.63) is 0 Å². The third-order valence-electron chi connectivity index (χ3n) is 4.87. The molecule has 17 heavy (non-hydrogen) atoms. The summed E-state index contributed by atoms with van der Waals surface area (Å²) in [7, 11) is 0. The Morgan fingerprint density at radius 1 is 1.00 bits per heavy atom. The van der Waals surface area contributed by atoms with Gasteiger partial charge in [0, 0.05) is 6.04 Å². The van der Waals surface area contributed by atoms with Crippen LogP contribution in [0.3, 0.4) is 0 Å². The van der Waals surface area contributed by atoms with Crippen molar-refractivity contribution in [2.45, 2.75) is 76.9 Å². The van der Waals surface area contributed by atoms with Crippen molar-refractivity contribution >= 4 is 0 Å². The molecule has 100 valence electrons. The van der Waals surface area contributed by atoms with Gasteiger partial charge in [-0.25, -0.2) is 0 Å². The molecule has 2 aliphatic carbocycles. The first-order chi connectivity index (χ1) is 8.28. The Morgan fingerprint density at radius 3 is 2.53 bits per heavy atom. The average molecular weight is 239 g/mol. The van der Waals surface area contributed by atoms with Crippen LogP contribution in [-0.2, 0) is 0 Å². The fourth-order valence-electron chi connectivity index (χ4n) is 3.56. The molecular weight excluding hydrogens is 210 g/mol. The molecule has 0 amide bonds. The van der Waals surface area contributed by atoms with Crippen molar-refractivity contribution in [1.29, 1.82) is 0 Å². The maximum absolute atomic E-state index is 9.52. The van der Waals surface area contributed by atoms with Crippen LogP contribution in [0.15, 0.2) is 0 Å². The van der Waals surface area contributed by atoms with Crippen molar-refractivity contribution < 1.29 is 5.11 Å². The highest BCUT2D eigenvalue weighted by Gasteiger charge is 2.24. The van der Waals surface area contributed by atoms with Crippen molar-refractivity contribution in [3.8, 4) is 0 Å². The van der Waals surface area contributed by atoms with Crippen LogP contribution in [0.1, 0.15) is 64.7 Å². The van der Waals surface area contributed by atoms with Gasteiger partial charge in [-0.3, -0.25) is 0 Å². The fraction of sp³-hybridized carbons (Fsp3) is 1.00. The first-order valence-electron chi connectivity index (χ1n) is 7.69. The van der Waals surface area contributed by atoms with Crippen LogP contribution in [0.25, 0.3) is 0 Å². The molecule has 2 nitrogen and oxygen atoms in total. The Labute approximate surface area is 106 Å². The van der Waals surface area contributed by atoms with Crippen LogP contribution < -0.4 is 5.32 Å². The summed E-state index contributed by atoms with van der Waals surface area (Å²) in [5.41, 5.74) is 0. The molecule has 0 aromatic rings. The van der Waals surface area contributed by atoms with Crippen molar-refractivity contribution in [2.24, 2.45) is 11.8 Å². The number of aliphatic hydroxyl groups is 1. The van der Waals surface area contributed by atoms with E-state index in [9.17, 15) is 5.11 Å². The lowest BCUT2D eigenvalue weighted by atomic mass is 9.97. The van der Waals surface area contributed by atoms with Gasteiger partial charge in [0.1, 0.15) is 0 Å². The average Bonchev–Trinajstić information content (AvgIpc) is 2.63. The lowest BCUT2D eigenvalue weighted by Crippen LogP contribution is -2.32. The SMILES string of the molecule is CCC1CCCC(NCC2CCC(O)C2)CC1. The first kappa shape index (κ1) is 13.4. The highest BCUT2D eigenvalue weighted by Crippen LogP contribution is 2.27. The van der Waals surface area contributed by atoms with E-state index >= 15 is 0 Å². The molecule has 0 bridgehead atoms. The lowest BCUT2D eigenvalue weighted by molar-refractivity contribution is 0.177. The number of hydrogen-bond acceptors (Lipinski definition) is 2. The van der Waals surface area contributed by atoms with Crippen LogP contribution in [0.2, 0.25) is 0 Å². The Hall–Kier alpha value is -0.0800. The van der Waals surface area contributed by atoms with Gasteiger partial charge >= 0.3 is 0 Å². The minimum atomic E-state index is -0.0135. The quantitative estimate of drug-likeness (QED) is 0.739. The van der Waals surface area contributed by atoms with Gasteiger partial charge in [0.25, 0.3) is 0 Å². The number of hydrogen-bond donors (Lipinski definition) is 2. The van der Waals surface area contributed by atoms with E-state index < -0.39 is 0 Å². The standard InChI is InChI=1S/C15H29NO/c1-2-12-4-3-5-14(8-6-12)16-11-13-7-9-15(17)10-13/h12-17H,2-11H2,1H3. The largest absolute Gasteiger partial charge is 0.393 e. The number of nitrogens with one attached hydrogen (secondary N) is 1. The summed E-state index contributed by atoms with van der Waals surface area (Å²) in [6.07, 6.45) is 11.6. The predicted molar refractivity (Wildman–Crippen MR) is 72.0 cm³/mol. The maximum Gasteiger partial charge on any atom is 0.0543 e. The van der Waals surface area contributed by atoms with Gasteiger partial charge in [0.2, 0.25) is 0 Å². The highest BCUT2D eigenvalue weighted by atomic mass is 16.3. The number of aliphatic hydroxyl groups excluding tert-OH is 1. The van der Waals surface area contributed by atoms with Gasteiger partial charge < -0.3 is 10.4 Å². The van der Waals surface area contributed by atoms with Crippen LogP contribution >= 0.6 is 0 Å². The minimum Gasteiger partial charge on any atom is -0.393 e. The van der Waals surface area contributed by atoms with E-state index in [1.807, 2.05) is 0 Å². The molecule has 2 fully saturated rings. The molecule has 4 unspecified atom stereocenters. The van der Waals surface area contributed by atoms with E-state index in [-0.39, 0.29) is 6.10 Å². The second-order valence-electron chi connectivity index (χ2n) is 6.22. The van der Waals surface area contributed by atoms with Crippen LogP contribution in [0.4, 0.5) is 0 Å². The smallest absolute Gasteiger partial charge is 0.0543 e. The molecule has 0 aliphatic heterocycles. The summed E-state index contributed by atoms with van der Waals surface area (Å²) < 4.78 is 0. The summed E-state index contributed by atoms with van der Waals surface area (Å²) in [4.78, 5) is 0. The van der Waals surface area contributed by atoms with Gasteiger partial charge in [-0.05, 0) is 56.9 Å². The molecular formula is C15H29NO. The summed E-state index contributed by atoms with van der Waals surface area (Å²) in [6, 6.07) is 0.754. The van der Waals surface area contributed by atoms with E-state index in [0.717, 1.165) is 37.3 Å². The Morgan fingerprint density at radius 2 is 1.82 bits per heavy atom. The predicted octanol–water partition coefficient (Wildman–Crippen LogP) is 3.10. The van der Waals surface area contributed by atoms with E-state index in [2.05, 4.69) is 12.2 Å². The molecule has 2 aliphatic rings. The van der Waals surface area contributed by atoms with Crippen molar-refractivity contribution in [3.63, 3.8) is 0 Å². The normalized spacial score (nSPS) is 39.2. The van der Waals surface area contributed by atoms with Crippen LogP contribution in [-0.4, -0.2) is 23.8 Å². The highest BCUT2D eigenvalue weighted by molar-refractivity contribution is 4.80. The Bertz CT molecular complexity index is 219. The topological polar surface area (TPSA) is 32.3 Å². The van der Waals surface area contributed by atoms with E-state index in [1.165, 1.54) is 44.9 Å². The first-order valence-corrected chi connectivity index (χ1v) is 7.69. The van der Waals surface area contributed by atoms with E-state index in [1.54, 1.807) is 0 Å². The number of rotatable bonds is 4. The molecule has 2 N–H and O–H groups in total.